The van der Waals surface area contributed by atoms with E-state index >= 15 is 0 Å². The Kier molecular flexibility index (Phi) is 5.98. The summed E-state index contributed by atoms with van der Waals surface area (Å²) in [5.74, 6) is 0.524. The van der Waals surface area contributed by atoms with Crippen molar-refractivity contribution in [1.29, 1.82) is 0 Å². The van der Waals surface area contributed by atoms with Crippen LogP contribution in [0, 0.1) is 0 Å². The van der Waals surface area contributed by atoms with Crippen molar-refractivity contribution >= 4 is 11.6 Å². The lowest BCUT2D eigenvalue weighted by atomic mass is 10.2. The van der Waals surface area contributed by atoms with Crippen LogP contribution >= 0.6 is 0 Å². The fraction of sp³-hybridized carbons (Fsp3) is 0.368. The van der Waals surface area contributed by atoms with Crippen LogP contribution in [0.4, 0.5) is 5.69 Å². The van der Waals surface area contributed by atoms with Gasteiger partial charge in [0.25, 0.3) is 0 Å². The highest BCUT2D eigenvalue weighted by Crippen LogP contribution is 2.12. The van der Waals surface area contributed by atoms with E-state index in [-0.39, 0.29) is 5.91 Å². The molecule has 6 nitrogen and oxygen atoms in total. The molecule has 2 aromatic rings. The van der Waals surface area contributed by atoms with Crippen LogP contribution in [0.1, 0.15) is 5.56 Å². The van der Waals surface area contributed by atoms with Crippen molar-refractivity contribution in [2.45, 2.75) is 6.54 Å². The normalized spacial score (nSPS) is 15.7. The number of amides is 1. The standard InChI is InChI=1S/C19H24N4O2/c1-25-19-8-7-17(13-20-19)21-18(24)15-23-11-9-22(10-12-23)14-16-5-3-2-4-6-16/h2-8,13H,9-12,14-15H2,1H3,(H,21,24). The maximum absolute atomic E-state index is 12.2. The van der Waals surface area contributed by atoms with E-state index < -0.39 is 0 Å². The van der Waals surface area contributed by atoms with E-state index in [1.165, 1.54) is 5.56 Å². The molecule has 2 heterocycles. The summed E-state index contributed by atoms with van der Waals surface area (Å²) in [4.78, 5) is 20.9. The molecule has 25 heavy (non-hydrogen) atoms. The number of nitrogens with one attached hydrogen (secondary N) is 1. The quantitative estimate of drug-likeness (QED) is 0.870. The number of benzene rings is 1. The monoisotopic (exact) mass is 340 g/mol. The molecule has 0 atom stereocenters. The number of aromatic nitrogens is 1. The van der Waals surface area contributed by atoms with E-state index in [2.05, 4.69) is 44.4 Å². The second-order valence-electron chi connectivity index (χ2n) is 6.18. The number of ether oxygens (including phenoxy) is 1. The molecule has 1 fully saturated rings. The Morgan fingerprint density at radius 3 is 2.44 bits per heavy atom. The Bertz CT molecular complexity index is 668. The molecule has 0 bridgehead atoms. The molecule has 1 N–H and O–H groups in total. The molecule has 1 amide bonds. The molecule has 6 heteroatoms. The number of anilines is 1. The third-order valence-electron chi connectivity index (χ3n) is 4.31. The average Bonchev–Trinajstić information content (AvgIpc) is 2.65. The zero-order valence-corrected chi connectivity index (χ0v) is 14.5. The number of carbonyl (C=O) groups is 1. The third kappa shape index (κ3) is 5.27. The minimum absolute atomic E-state index is 0.0107. The number of piperazine rings is 1. The Morgan fingerprint density at radius 1 is 1.08 bits per heavy atom. The molecule has 0 unspecified atom stereocenters. The van der Waals surface area contributed by atoms with Gasteiger partial charge in [-0.3, -0.25) is 14.6 Å². The second kappa shape index (κ2) is 8.60. The summed E-state index contributed by atoms with van der Waals surface area (Å²) in [6.07, 6.45) is 1.61. The summed E-state index contributed by atoms with van der Waals surface area (Å²) in [7, 11) is 1.57. The zero-order valence-electron chi connectivity index (χ0n) is 14.5. The van der Waals surface area contributed by atoms with Gasteiger partial charge in [0.2, 0.25) is 11.8 Å². The van der Waals surface area contributed by atoms with Gasteiger partial charge in [0.1, 0.15) is 0 Å². The molecule has 1 aromatic carbocycles. The van der Waals surface area contributed by atoms with Crippen LogP contribution in [-0.2, 0) is 11.3 Å². The summed E-state index contributed by atoms with van der Waals surface area (Å²) < 4.78 is 5.01. The number of nitrogens with zero attached hydrogens (tertiary/aromatic N) is 3. The summed E-state index contributed by atoms with van der Waals surface area (Å²) in [5, 5.41) is 2.88. The van der Waals surface area contributed by atoms with Crippen LogP contribution in [0.15, 0.2) is 48.7 Å². The SMILES string of the molecule is COc1ccc(NC(=O)CN2CCN(Cc3ccccc3)CC2)cn1. The summed E-state index contributed by atoms with van der Waals surface area (Å²) >= 11 is 0. The molecule has 1 aliphatic rings. The molecular formula is C19H24N4O2. The Morgan fingerprint density at radius 2 is 1.80 bits per heavy atom. The number of carbonyl (C=O) groups excluding carboxylic acids is 1. The molecule has 132 valence electrons. The highest BCUT2D eigenvalue weighted by molar-refractivity contribution is 5.92. The van der Waals surface area contributed by atoms with Crippen molar-refractivity contribution in [2.24, 2.45) is 0 Å². The highest BCUT2D eigenvalue weighted by Gasteiger charge is 2.19. The minimum atomic E-state index is -0.0107. The fourth-order valence-electron chi connectivity index (χ4n) is 2.93. The van der Waals surface area contributed by atoms with Crippen molar-refractivity contribution in [3.05, 3.63) is 54.2 Å². The summed E-state index contributed by atoms with van der Waals surface area (Å²) in [5.41, 5.74) is 2.02. The fourth-order valence-corrected chi connectivity index (χ4v) is 2.93. The molecule has 0 saturated carbocycles. The van der Waals surface area contributed by atoms with Crippen LogP contribution < -0.4 is 10.1 Å². The number of hydrogen-bond donors (Lipinski definition) is 1. The molecule has 0 radical (unpaired) electrons. The lowest BCUT2D eigenvalue weighted by Crippen LogP contribution is -2.48. The molecule has 3 rings (SSSR count). The number of pyridine rings is 1. The van der Waals surface area contributed by atoms with Crippen LogP contribution in [0.25, 0.3) is 0 Å². The molecular weight excluding hydrogens is 316 g/mol. The Balaban J connectivity index is 1.41. The second-order valence-corrected chi connectivity index (χ2v) is 6.18. The van der Waals surface area contributed by atoms with Crippen LogP contribution in [0.5, 0.6) is 5.88 Å². The van der Waals surface area contributed by atoms with Crippen molar-refractivity contribution in [3.63, 3.8) is 0 Å². The van der Waals surface area contributed by atoms with Crippen LogP contribution in [0.3, 0.4) is 0 Å². The van der Waals surface area contributed by atoms with Gasteiger partial charge in [-0.2, -0.15) is 0 Å². The van der Waals surface area contributed by atoms with Gasteiger partial charge in [-0.15, -0.1) is 0 Å². The topological polar surface area (TPSA) is 57.7 Å². The van der Waals surface area contributed by atoms with Crippen molar-refractivity contribution < 1.29 is 9.53 Å². The van der Waals surface area contributed by atoms with Gasteiger partial charge < -0.3 is 10.1 Å². The molecule has 0 aliphatic carbocycles. The van der Waals surface area contributed by atoms with Gasteiger partial charge in [-0.25, -0.2) is 4.98 Å². The Hall–Kier alpha value is -2.44. The predicted molar refractivity (Wildman–Crippen MR) is 97.6 cm³/mol. The van der Waals surface area contributed by atoms with Gasteiger partial charge >= 0.3 is 0 Å². The average molecular weight is 340 g/mol. The van der Waals surface area contributed by atoms with Gasteiger partial charge in [0, 0.05) is 38.8 Å². The highest BCUT2D eigenvalue weighted by atomic mass is 16.5. The van der Waals surface area contributed by atoms with Gasteiger partial charge in [-0.1, -0.05) is 30.3 Å². The molecule has 0 spiro atoms. The van der Waals surface area contributed by atoms with Crippen molar-refractivity contribution in [3.8, 4) is 5.88 Å². The predicted octanol–water partition coefficient (Wildman–Crippen LogP) is 1.85. The summed E-state index contributed by atoms with van der Waals surface area (Å²) in [6, 6.07) is 14.0. The minimum Gasteiger partial charge on any atom is -0.481 e. The zero-order chi connectivity index (χ0) is 17.5. The first-order chi connectivity index (χ1) is 12.2. The first-order valence-electron chi connectivity index (χ1n) is 8.51. The van der Waals surface area contributed by atoms with E-state index in [9.17, 15) is 4.79 Å². The van der Waals surface area contributed by atoms with Gasteiger partial charge in [0.15, 0.2) is 0 Å². The van der Waals surface area contributed by atoms with Gasteiger partial charge in [0.05, 0.1) is 25.5 Å². The van der Waals surface area contributed by atoms with Crippen molar-refractivity contribution in [2.75, 3.05) is 45.2 Å². The van der Waals surface area contributed by atoms with E-state index in [1.54, 1.807) is 25.4 Å². The van der Waals surface area contributed by atoms with Gasteiger partial charge in [-0.05, 0) is 11.6 Å². The smallest absolute Gasteiger partial charge is 0.238 e. The lowest BCUT2D eigenvalue weighted by molar-refractivity contribution is -0.117. The first kappa shape index (κ1) is 17.4. The van der Waals surface area contributed by atoms with E-state index in [0.717, 1.165) is 32.7 Å². The maximum atomic E-state index is 12.2. The number of hydrogen-bond acceptors (Lipinski definition) is 5. The van der Waals surface area contributed by atoms with Crippen LogP contribution in [-0.4, -0.2) is 60.5 Å². The van der Waals surface area contributed by atoms with E-state index in [1.807, 2.05) is 6.07 Å². The first-order valence-corrected chi connectivity index (χ1v) is 8.51. The molecule has 1 saturated heterocycles. The van der Waals surface area contributed by atoms with Crippen LogP contribution in [0.2, 0.25) is 0 Å². The Labute approximate surface area is 148 Å². The largest absolute Gasteiger partial charge is 0.481 e. The van der Waals surface area contributed by atoms with E-state index in [0.29, 0.717) is 18.1 Å². The number of rotatable bonds is 6. The maximum Gasteiger partial charge on any atom is 0.238 e. The van der Waals surface area contributed by atoms with Crippen molar-refractivity contribution in [1.82, 2.24) is 14.8 Å². The van der Waals surface area contributed by atoms with E-state index in [4.69, 9.17) is 4.74 Å². The third-order valence-corrected chi connectivity index (χ3v) is 4.31. The molecule has 1 aliphatic heterocycles. The molecule has 1 aromatic heterocycles. The summed E-state index contributed by atoms with van der Waals surface area (Å²) in [6.45, 7) is 5.14. The number of methoxy groups -OCH3 is 1. The lowest BCUT2D eigenvalue weighted by Gasteiger charge is -2.34.